The number of benzene rings is 1. The number of halogens is 1. The molecule has 0 fully saturated rings. The zero-order valence-corrected chi connectivity index (χ0v) is 12.8. The first-order valence-electron chi connectivity index (χ1n) is 6.18. The summed E-state index contributed by atoms with van der Waals surface area (Å²) in [5.41, 5.74) is 9.70. The summed E-state index contributed by atoms with van der Waals surface area (Å²) in [5, 5.41) is 7.53. The molecule has 0 aliphatic rings. The van der Waals surface area contributed by atoms with E-state index in [-0.39, 0.29) is 18.0 Å². The Morgan fingerprint density at radius 1 is 1.48 bits per heavy atom. The maximum atomic E-state index is 11.8. The van der Waals surface area contributed by atoms with E-state index in [0.717, 1.165) is 10.0 Å². The normalized spacial score (nSPS) is 10.0. The van der Waals surface area contributed by atoms with Crippen molar-refractivity contribution < 1.29 is 9.53 Å². The molecule has 0 spiro atoms. The SMILES string of the molecule is CCOC(=O)c1cn(Cc2ccc(Br)cc2)nc1N=[N+]=[N-]. The minimum Gasteiger partial charge on any atom is -0.462 e. The van der Waals surface area contributed by atoms with Crippen LogP contribution in [0.4, 0.5) is 5.82 Å². The summed E-state index contributed by atoms with van der Waals surface area (Å²) in [7, 11) is 0. The van der Waals surface area contributed by atoms with Gasteiger partial charge in [0.05, 0.1) is 13.2 Å². The predicted molar refractivity (Wildman–Crippen MR) is 80.2 cm³/mol. The lowest BCUT2D eigenvalue weighted by molar-refractivity contribution is 0.0527. The Kier molecular flexibility index (Phi) is 4.97. The van der Waals surface area contributed by atoms with Crippen molar-refractivity contribution in [2.45, 2.75) is 13.5 Å². The number of azide groups is 1. The third kappa shape index (κ3) is 3.84. The molecular formula is C13H12BrN5O2. The van der Waals surface area contributed by atoms with E-state index in [1.807, 2.05) is 24.3 Å². The van der Waals surface area contributed by atoms with Crippen LogP contribution in [0.15, 0.2) is 40.0 Å². The molecule has 1 aromatic heterocycles. The first kappa shape index (κ1) is 15.1. The topological polar surface area (TPSA) is 92.9 Å². The van der Waals surface area contributed by atoms with Gasteiger partial charge >= 0.3 is 5.97 Å². The van der Waals surface area contributed by atoms with Crippen molar-refractivity contribution in [1.82, 2.24) is 9.78 Å². The molecule has 21 heavy (non-hydrogen) atoms. The van der Waals surface area contributed by atoms with Gasteiger partial charge in [-0.1, -0.05) is 28.1 Å². The standard InChI is InChI=1S/C13H12BrN5O2/c1-2-21-13(20)11-8-19(17-12(11)16-18-15)7-9-3-5-10(14)6-4-9/h3-6,8H,2,7H2,1H3. The molecule has 0 unspecified atom stereocenters. The van der Waals surface area contributed by atoms with Crippen LogP contribution in [0.2, 0.25) is 0 Å². The lowest BCUT2D eigenvalue weighted by Gasteiger charge is -2.01. The van der Waals surface area contributed by atoms with Crippen LogP contribution >= 0.6 is 15.9 Å². The van der Waals surface area contributed by atoms with Crippen molar-refractivity contribution >= 4 is 27.7 Å². The van der Waals surface area contributed by atoms with E-state index in [9.17, 15) is 4.79 Å². The molecule has 2 aromatic rings. The van der Waals surface area contributed by atoms with E-state index >= 15 is 0 Å². The number of aromatic nitrogens is 2. The van der Waals surface area contributed by atoms with Crippen LogP contribution in [0.25, 0.3) is 10.4 Å². The smallest absolute Gasteiger partial charge is 0.341 e. The molecule has 0 saturated heterocycles. The molecule has 0 radical (unpaired) electrons. The summed E-state index contributed by atoms with van der Waals surface area (Å²) in [4.78, 5) is 14.5. The number of hydrogen-bond donors (Lipinski definition) is 0. The van der Waals surface area contributed by atoms with Gasteiger partial charge in [0.1, 0.15) is 5.56 Å². The molecule has 0 aliphatic carbocycles. The van der Waals surface area contributed by atoms with Gasteiger partial charge in [-0.15, -0.1) is 0 Å². The molecule has 2 rings (SSSR count). The zero-order valence-electron chi connectivity index (χ0n) is 11.2. The first-order valence-corrected chi connectivity index (χ1v) is 6.97. The molecule has 0 bridgehead atoms. The maximum Gasteiger partial charge on any atom is 0.341 e. The second-order valence-corrected chi connectivity index (χ2v) is 5.02. The summed E-state index contributed by atoms with van der Waals surface area (Å²) < 4.78 is 7.43. The Hall–Kier alpha value is -2.31. The average molecular weight is 350 g/mol. The summed E-state index contributed by atoms with van der Waals surface area (Å²) in [6.45, 7) is 2.41. The summed E-state index contributed by atoms with van der Waals surface area (Å²) in [6.07, 6.45) is 1.52. The van der Waals surface area contributed by atoms with E-state index in [2.05, 4.69) is 31.1 Å². The molecule has 1 aromatic carbocycles. The van der Waals surface area contributed by atoms with Gasteiger partial charge in [0.15, 0.2) is 5.82 Å². The van der Waals surface area contributed by atoms with Crippen LogP contribution in [0.5, 0.6) is 0 Å². The van der Waals surface area contributed by atoms with Gasteiger partial charge < -0.3 is 4.74 Å². The highest BCUT2D eigenvalue weighted by atomic mass is 79.9. The van der Waals surface area contributed by atoms with Gasteiger partial charge in [-0.05, 0) is 35.3 Å². The van der Waals surface area contributed by atoms with Crippen molar-refractivity contribution in [3.63, 3.8) is 0 Å². The lowest BCUT2D eigenvalue weighted by Crippen LogP contribution is -2.04. The molecular weight excluding hydrogens is 338 g/mol. The third-order valence-corrected chi connectivity index (χ3v) is 3.16. The Bertz CT molecular complexity index is 689. The van der Waals surface area contributed by atoms with Crippen LogP contribution in [0, 0.1) is 0 Å². The fourth-order valence-electron chi connectivity index (χ4n) is 1.74. The van der Waals surface area contributed by atoms with Crippen molar-refractivity contribution in [1.29, 1.82) is 0 Å². The minimum absolute atomic E-state index is 0.0214. The Morgan fingerprint density at radius 3 is 2.81 bits per heavy atom. The zero-order chi connectivity index (χ0) is 15.2. The van der Waals surface area contributed by atoms with E-state index in [1.54, 1.807) is 11.6 Å². The number of hydrogen-bond acceptors (Lipinski definition) is 4. The number of rotatable bonds is 5. The Balaban J connectivity index is 2.28. The number of ether oxygens (including phenoxy) is 1. The molecule has 0 atom stereocenters. The number of carbonyl (C=O) groups is 1. The Morgan fingerprint density at radius 2 is 2.19 bits per heavy atom. The Labute approximate surface area is 129 Å². The van der Waals surface area contributed by atoms with Crippen molar-refractivity contribution in [2.75, 3.05) is 6.61 Å². The molecule has 0 amide bonds. The predicted octanol–water partition coefficient (Wildman–Crippen LogP) is 3.81. The molecule has 1 heterocycles. The van der Waals surface area contributed by atoms with Crippen LogP contribution in [-0.2, 0) is 11.3 Å². The van der Waals surface area contributed by atoms with Gasteiger partial charge in [0.25, 0.3) is 0 Å². The summed E-state index contributed by atoms with van der Waals surface area (Å²) in [5.74, 6) is -0.532. The van der Waals surface area contributed by atoms with Gasteiger partial charge in [-0.2, -0.15) is 5.10 Å². The van der Waals surface area contributed by atoms with Crippen LogP contribution < -0.4 is 0 Å². The highest BCUT2D eigenvalue weighted by molar-refractivity contribution is 9.10. The number of carbonyl (C=O) groups excluding carboxylic acids is 1. The molecule has 7 nitrogen and oxygen atoms in total. The average Bonchev–Trinajstić information content (AvgIpc) is 2.85. The fourth-order valence-corrected chi connectivity index (χ4v) is 2.00. The maximum absolute atomic E-state index is 11.8. The van der Waals surface area contributed by atoms with Crippen molar-refractivity contribution in [3.05, 3.63) is 56.5 Å². The number of nitrogens with zero attached hydrogens (tertiary/aromatic N) is 5. The largest absolute Gasteiger partial charge is 0.462 e. The quantitative estimate of drug-likeness (QED) is 0.355. The van der Waals surface area contributed by atoms with Crippen LogP contribution in [0.1, 0.15) is 22.8 Å². The van der Waals surface area contributed by atoms with E-state index in [1.165, 1.54) is 6.20 Å². The minimum atomic E-state index is -0.554. The van der Waals surface area contributed by atoms with Gasteiger partial charge in [-0.3, -0.25) is 4.68 Å². The highest BCUT2D eigenvalue weighted by Crippen LogP contribution is 2.19. The van der Waals surface area contributed by atoms with Crippen LogP contribution in [-0.4, -0.2) is 22.4 Å². The third-order valence-electron chi connectivity index (χ3n) is 2.63. The molecule has 8 heteroatoms. The number of esters is 1. The van der Waals surface area contributed by atoms with Crippen LogP contribution in [0.3, 0.4) is 0 Å². The van der Waals surface area contributed by atoms with Crippen molar-refractivity contribution in [2.24, 2.45) is 5.11 Å². The van der Waals surface area contributed by atoms with E-state index in [4.69, 9.17) is 10.3 Å². The van der Waals surface area contributed by atoms with Crippen molar-refractivity contribution in [3.8, 4) is 0 Å². The molecule has 0 saturated carbocycles. The summed E-state index contributed by atoms with van der Waals surface area (Å²) >= 11 is 3.36. The first-order chi connectivity index (χ1) is 10.1. The van der Waals surface area contributed by atoms with Gasteiger partial charge in [0, 0.05) is 15.6 Å². The molecule has 0 N–H and O–H groups in total. The molecule has 108 valence electrons. The van der Waals surface area contributed by atoms with Gasteiger partial charge in [0.2, 0.25) is 0 Å². The van der Waals surface area contributed by atoms with E-state index < -0.39 is 5.97 Å². The molecule has 0 aliphatic heterocycles. The lowest BCUT2D eigenvalue weighted by atomic mass is 10.2. The van der Waals surface area contributed by atoms with E-state index in [0.29, 0.717) is 6.54 Å². The highest BCUT2D eigenvalue weighted by Gasteiger charge is 2.16. The van der Waals surface area contributed by atoms with Gasteiger partial charge in [-0.25, -0.2) is 4.79 Å². The monoisotopic (exact) mass is 349 g/mol. The second kappa shape index (κ2) is 6.92. The fraction of sp³-hybridized carbons (Fsp3) is 0.231. The summed E-state index contributed by atoms with van der Waals surface area (Å²) in [6, 6.07) is 7.70. The second-order valence-electron chi connectivity index (χ2n) is 4.10.